The van der Waals surface area contributed by atoms with Crippen molar-refractivity contribution in [3.8, 4) is 11.3 Å². The van der Waals surface area contributed by atoms with Crippen LogP contribution in [0.1, 0.15) is 23.0 Å². The second kappa shape index (κ2) is 12.2. The van der Waals surface area contributed by atoms with Crippen molar-refractivity contribution >= 4 is 33.8 Å². The van der Waals surface area contributed by atoms with Gasteiger partial charge in [-0.15, -0.1) is 0 Å². The number of hydrogen-bond donors (Lipinski definition) is 1. The molecule has 0 unspecified atom stereocenters. The normalized spacial score (nSPS) is 11.3. The molecule has 0 bridgehead atoms. The number of nitrogens with one attached hydrogen (secondary N) is 1. The van der Waals surface area contributed by atoms with Gasteiger partial charge in [0.1, 0.15) is 23.9 Å². The second-order valence-corrected chi connectivity index (χ2v) is 9.96. The lowest BCUT2D eigenvalue weighted by Gasteiger charge is -2.23. The van der Waals surface area contributed by atoms with Crippen LogP contribution in [0.2, 0.25) is 0 Å². The summed E-state index contributed by atoms with van der Waals surface area (Å²) >= 11 is 0. The molecule has 0 saturated carbocycles. The summed E-state index contributed by atoms with van der Waals surface area (Å²) < 4.78 is 51.5. The average Bonchev–Trinajstić information content (AvgIpc) is 3.42. The van der Waals surface area contributed by atoms with Gasteiger partial charge in [0.05, 0.1) is 29.0 Å². The Hall–Kier alpha value is -4.77. The minimum atomic E-state index is -4.13. The standard InChI is InChI=1S/C28H24FN3O6S/c1-2-37-28(34)21-10-8-20(9-11-21)26-17-16-24(38-26)18-30-31-27(33)19-32(23-14-12-22(29)13-15-23)39(35,36)25-6-4-3-5-7-25/h3-18H,2,19H2,1H3,(H,31,33)/b30-18-. The lowest BCUT2D eigenvalue weighted by molar-refractivity contribution is -0.119. The Kier molecular flexibility index (Phi) is 8.52. The van der Waals surface area contributed by atoms with E-state index in [9.17, 15) is 22.4 Å². The number of anilines is 1. The van der Waals surface area contributed by atoms with Gasteiger partial charge in [-0.25, -0.2) is 23.0 Å². The number of carbonyl (C=O) groups excluding carboxylic acids is 2. The first-order valence-electron chi connectivity index (χ1n) is 11.8. The van der Waals surface area contributed by atoms with Crippen molar-refractivity contribution in [1.82, 2.24) is 5.43 Å². The Labute approximate surface area is 224 Å². The van der Waals surface area contributed by atoms with Crippen LogP contribution in [0.3, 0.4) is 0 Å². The predicted octanol–water partition coefficient (Wildman–Crippen LogP) is 4.61. The van der Waals surface area contributed by atoms with E-state index in [0.29, 0.717) is 22.6 Å². The van der Waals surface area contributed by atoms with Crippen molar-refractivity contribution in [3.63, 3.8) is 0 Å². The molecule has 1 heterocycles. The van der Waals surface area contributed by atoms with E-state index in [-0.39, 0.29) is 17.2 Å². The van der Waals surface area contributed by atoms with Crippen molar-refractivity contribution in [2.45, 2.75) is 11.8 Å². The van der Waals surface area contributed by atoms with Gasteiger partial charge in [-0.3, -0.25) is 9.10 Å². The van der Waals surface area contributed by atoms with E-state index < -0.39 is 34.3 Å². The Morgan fingerprint density at radius 1 is 0.974 bits per heavy atom. The Balaban J connectivity index is 1.44. The smallest absolute Gasteiger partial charge is 0.338 e. The Morgan fingerprint density at radius 3 is 2.33 bits per heavy atom. The van der Waals surface area contributed by atoms with Gasteiger partial charge in [0, 0.05) is 5.56 Å². The van der Waals surface area contributed by atoms with Crippen molar-refractivity contribution < 1.29 is 31.6 Å². The van der Waals surface area contributed by atoms with Gasteiger partial charge in [-0.05, 0) is 67.6 Å². The molecule has 1 aromatic heterocycles. The highest BCUT2D eigenvalue weighted by Crippen LogP contribution is 2.24. The number of rotatable bonds is 10. The van der Waals surface area contributed by atoms with E-state index in [4.69, 9.17) is 9.15 Å². The van der Waals surface area contributed by atoms with Crippen LogP contribution in [0, 0.1) is 5.82 Å². The molecular formula is C28H24FN3O6S. The quantitative estimate of drug-likeness (QED) is 0.175. The molecule has 11 heteroatoms. The topological polar surface area (TPSA) is 118 Å². The van der Waals surface area contributed by atoms with Gasteiger partial charge >= 0.3 is 5.97 Å². The molecule has 0 radical (unpaired) electrons. The minimum Gasteiger partial charge on any atom is -0.462 e. The first-order chi connectivity index (χ1) is 18.8. The molecule has 0 fully saturated rings. The maximum Gasteiger partial charge on any atom is 0.338 e. The molecule has 9 nitrogen and oxygen atoms in total. The molecule has 4 aromatic rings. The lowest BCUT2D eigenvalue weighted by Crippen LogP contribution is -2.39. The molecule has 0 spiro atoms. The SMILES string of the molecule is CCOC(=O)c1ccc(-c2ccc(/C=N\NC(=O)CN(c3ccc(F)cc3)S(=O)(=O)c3ccccc3)o2)cc1. The molecule has 0 saturated heterocycles. The third kappa shape index (κ3) is 6.76. The Bertz CT molecular complexity index is 1570. The van der Waals surface area contributed by atoms with Crippen LogP contribution >= 0.6 is 0 Å². The molecule has 1 N–H and O–H groups in total. The second-order valence-electron chi connectivity index (χ2n) is 8.09. The number of carbonyl (C=O) groups is 2. The number of amides is 1. The molecule has 3 aromatic carbocycles. The van der Waals surface area contributed by atoms with Gasteiger partial charge in [-0.1, -0.05) is 30.3 Å². The summed E-state index contributed by atoms with van der Waals surface area (Å²) in [6.45, 7) is 1.41. The molecule has 200 valence electrons. The number of furan rings is 1. The van der Waals surface area contributed by atoms with E-state index in [1.54, 1.807) is 61.5 Å². The van der Waals surface area contributed by atoms with Crippen LogP contribution in [-0.2, 0) is 19.6 Å². The summed E-state index contributed by atoms with van der Waals surface area (Å²) in [7, 11) is -4.13. The van der Waals surface area contributed by atoms with Gasteiger partial charge in [0.15, 0.2) is 0 Å². The highest BCUT2D eigenvalue weighted by atomic mass is 32.2. The number of nitrogens with zero attached hydrogens (tertiary/aromatic N) is 2. The molecule has 4 rings (SSSR count). The van der Waals surface area contributed by atoms with Crippen molar-refractivity contribution in [3.05, 3.63) is 108 Å². The van der Waals surface area contributed by atoms with Crippen LogP contribution in [0.4, 0.5) is 10.1 Å². The van der Waals surface area contributed by atoms with Crippen molar-refractivity contribution in [1.29, 1.82) is 0 Å². The molecule has 0 aliphatic carbocycles. The summed E-state index contributed by atoms with van der Waals surface area (Å²) in [6.07, 6.45) is 1.27. The monoisotopic (exact) mass is 549 g/mol. The predicted molar refractivity (Wildman–Crippen MR) is 143 cm³/mol. The lowest BCUT2D eigenvalue weighted by atomic mass is 10.1. The number of esters is 1. The van der Waals surface area contributed by atoms with E-state index in [2.05, 4.69) is 10.5 Å². The van der Waals surface area contributed by atoms with Gasteiger partial charge in [0.25, 0.3) is 15.9 Å². The first kappa shape index (κ1) is 27.3. The third-order valence-corrected chi connectivity index (χ3v) is 7.21. The fourth-order valence-corrected chi connectivity index (χ4v) is 4.98. The maximum atomic E-state index is 13.5. The number of sulfonamides is 1. The zero-order valence-corrected chi connectivity index (χ0v) is 21.6. The molecule has 0 atom stereocenters. The van der Waals surface area contributed by atoms with E-state index >= 15 is 0 Å². The highest BCUT2D eigenvalue weighted by Gasteiger charge is 2.27. The fourth-order valence-electron chi connectivity index (χ4n) is 3.54. The van der Waals surface area contributed by atoms with Gasteiger partial charge in [-0.2, -0.15) is 5.10 Å². The molecule has 0 aliphatic rings. The van der Waals surface area contributed by atoms with Crippen LogP contribution in [0.15, 0.2) is 105 Å². The summed E-state index contributed by atoms with van der Waals surface area (Å²) in [4.78, 5) is 24.4. The average molecular weight is 550 g/mol. The summed E-state index contributed by atoms with van der Waals surface area (Å²) in [6, 6.07) is 22.4. The van der Waals surface area contributed by atoms with Crippen molar-refractivity contribution in [2.24, 2.45) is 5.10 Å². The fraction of sp³-hybridized carbons (Fsp3) is 0.107. The summed E-state index contributed by atoms with van der Waals surface area (Å²) in [5.41, 5.74) is 3.53. The van der Waals surface area contributed by atoms with Crippen LogP contribution in [-0.4, -0.2) is 39.7 Å². The zero-order valence-electron chi connectivity index (χ0n) is 20.8. The van der Waals surface area contributed by atoms with Crippen molar-refractivity contribution in [2.75, 3.05) is 17.5 Å². The third-order valence-electron chi connectivity index (χ3n) is 5.42. The zero-order chi connectivity index (χ0) is 27.8. The number of hydrogen-bond acceptors (Lipinski definition) is 7. The number of hydrazone groups is 1. The maximum absolute atomic E-state index is 13.5. The van der Waals surface area contributed by atoms with E-state index in [0.717, 1.165) is 16.4 Å². The van der Waals surface area contributed by atoms with Crippen LogP contribution in [0.5, 0.6) is 0 Å². The number of ether oxygens (including phenoxy) is 1. The largest absolute Gasteiger partial charge is 0.462 e. The molecule has 39 heavy (non-hydrogen) atoms. The van der Waals surface area contributed by atoms with Crippen LogP contribution < -0.4 is 9.73 Å². The minimum absolute atomic E-state index is 0.0240. The van der Waals surface area contributed by atoms with Gasteiger partial charge < -0.3 is 9.15 Å². The van der Waals surface area contributed by atoms with Gasteiger partial charge in [0.2, 0.25) is 0 Å². The number of halogens is 1. The highest BCUT2D eigenvalue weighted by molar-refractivity contribution is 7.92. The number of benzene rings is 3. The molecular weight excluding hydrogens is 525 g/mol. The van der Waals surface area contributed by atoms with E-state index in [1.165, 1.54) is 30.5 Å². The first-order valence-corrected chi connectivity index (χ1v) is 13.2. The van der Waals surface area contributed by atoms with E-state index in [1.807, 2.05) is 0 Å². The molecule has 0 aliphatic heterocycles. The Morgan fingerprint density at radius 2 is 1.67 bits per heavy atom. The summed E-state index contributed by atoms with van der Waals surface area (Å²) in [5, 5.41) is 3.86. The summed E-state index contributed by atoms with van der Waals surface area (Å²) in [5.74, 6) is -0.850. The molecule has 1 amide bonds. The van der Waals surface area contributed by atoms with Crippen LogP contribution in [0.25, 0.3) is 11.3 Å².